The largest absolute Gasteiger partial charge is 0.462 e. The van der Waals surface area contributed by atoms with E-state index in [1.54, 1.807) is 36.1 Å². The third-order valence-corrected chi connectivity index (χ3v) is 6.48. The first-order chi connectivity index (χ1) is 17.8. The number of carbonyl (C=O) groups is 1. The van der Waals surface area contributed by atoms with Crippen molar-refractivity contribution in [2.75, 3.05) is 36.5 Å². The first kappa shape index (κ1) is 26.5. The number of alkyl halides is 2. The van der Waals surface area contributed by atoms with E-state index in [9.17, 15) is 13.6 Å². The molecule has 2 aromatic carbocycles. The fourth-order valence-electron chi connectivity index (χ4n) is 4.15. The van der Waals surface area contributed by atoms with Gasteiger partial charge in [-0.3, -0.25) is 0 Å². The number of piperidine rings is 1. The van der Waals surface area contributed by atoms with Gasteiger partial charge in [0.05, 0.1) is 6.61 Å². The number of hydrogen-bond acceptors (Lipinski definition) is 7. The summed E-state index contributed by atoms with van der Waals surface area (Å²) in [6.07, 6.45) is 0.789. The summed E-state index contributed by atoms with van der Waals surface area (Å²) in [5.41, 5.74) is 2.11. The van der Waals surface area contributed by atoms with Crippen molar-refractivity contribution < 1.29 is 18.3 Å². The average Bonchev–Trinajstić information content (AvgIpc) is 2.90. The van der Waals surface area contributed by atoms with Gasteiger partial charge >= 0.3 is 5.97 Å². The molecule has 4 rings (SSSR count). The van der Waals surface area contributed by atoms with E-state index in [0.717, 1.165) is 5.56 Å². The smallest absolute Gasteiger partial charge is 0.343 e. The molecule has 0 spiro atoms. The highest BCUT2D eigenvalue weighted by Crippen LogP contribution is 2.30. The van der Waals surface area contributed by atoms with Crippen molar-refractivity contribution in [3.8, 4) is 0 Å². The van der Waals surface area contributed by atoms with Gasteiger partial charge in [-0.05, 0) is 30.2 Å². The first-order valence-corrected chi connectivity index (χ1v) is 12.5. The fourth-order valence-corrected chi connectivity index (χ4v) is 4.28. The second kappa shape index (κ2) is 11.6. The highest BCUT2D eigenvalue weighted by Gasteiger charge is 2.35. The quantitative estimate of drug-likeness (QED) is 0.270. The number of nitrogens with one attached hydrogen (secondary N) is 2. The standard InChI is InChI=1S/C27H28ClF2N5O2/c1-2-37-25(36)22-17-33-26(35-14-12-27(29,30)13-15-35)34-24(22)32-16-21(18-6-4-3-5-7-18)23(31)19-8-10-20(28)11-9-19/h3-11,17,21,31H,2,12-16H2,1H3,(H,32,33,34). The van der Waals surface area contributed by atoms with E-state index in [2.05, 4.69) is 15.3 Å². The zero-order chi connectivity index (χ0) is 26.4. The van der Waals surface area contributed by atoms with Gasteiger partial charge in [-0.2, -0.15) is 4.98 Å². The summed E-state index contributed by atoms with van der Waals surface area (Å²) >= 11 is 6.04. The second-order valence-corrected chi connectivity index (χ2v) is 9.20. The Morgan fingerprint density at radius 2 is 1.84 bits per heavy atom. The molecule has 2 N–H and O–H groups in total. The van der Waals surface area contributed by atoms with Gasteiger partial charge in [0.1, 0.15) is 11.4 Å². The molecular formula is C27H28ClF2N5O2. The Morgan fingerprint density at radius 1 is 1.16 bits per heavy atom. The monoisotopic (exact) mass is 527 g/mol. The minimum atomic E-state index is -2.70. The Kier molecular flexibility index (Phi) is 8.33. The Hall–Kier alpha value is -3.59. The third kappa shape index (κ3) is 6.60. The highest BCUT2D eigenvalue weighted by atomic mass is 35.5. The summed E-state index contributed by atoms with van der Waals surface area (Å²) in [5, 5.41) is 12.7. The summed E-state index contributed by atoms with van der Waals surface area (Å²) < 4.78 is 32.5. The van der Waals surface area contributed by atoms with Crippen LogP contribution in [0, 0.1) is 5.41 Å². The molecule has 1 atom stereocenters. The second-order valence-electron chi connectivity index (χ2n) is 8.76. The molecule has 0 radical (unpaired) electrons. The van der Waals surface area contributed by atoms with Crippen molar-refractivity contribution in [2.24, 2.45) is 0 Å². The summed E-state index contributed by atoms with van der Waals surface area (Å²) in [5.74, 6) is -3.19. The van der Waals surface area contributed by atoms with Crippen molar-refractivity contribution in [3.63, 3.8) is 0 Å². The van der Waals surface area contributed by atoms with Gasteiger partial charge in [0.25, 0.3) is 5.92 Å². The van der Waals surface area contributed by atoms with Crippen LogP contribution in [0.15, 0.2) is 60.8 Å². The molecule has 194 valence electrons. The van der Waals surface area contributed by atoms with Crippen LogP contribution < -0.4 is 10.2 Å². The predicted octanol–water partition coefficient (Wildman–Crippen LogP) is 5.81. The molecule has 1 saturated heterocycles. The Morgan fingerprint density at radius 3 is 2.49 bits per heavy atom. The molecule has 0 amide bonds. The van der Waals surface area contributed by atoms with Crippen molar-refractivity contribution in [1.82, 2.24) is 9.97 Å². The maximum Gasteiger partial charge on any atom is 0.343 e. The van der Waals surface area contributed by atoms with Crippen LogP contribution in [0.3, 0.4) is 0 Å². The minimum absolute atomic E-state index is 0.110. The van der Waals surface area contributed by atoms with E-state index in [1.165, 1.54) is 6.20 Å². The lowest BCUT2D eigenvalue weighted by molar-refractivity contribution is -0.0222. The topological polar surface area (TPSA) is 91.2 Å². The Labute approximate surface area is 219 Å². The van der Waals surface area contributed by atoms with E-state index in [1.807, 2.05) is 30.3 Å². The number of carbonyl (C=O) groups excluding carboxylic acids is 1. The van der Waals surface area contributed by atoms with Crippen LogP contribution in [-0.2, 0) is 4.74 Å². The summed E-state index contributed by atoms with van der Waals surface area (Å²) in [6, 6.07) is 16.6. The number of benzene rings is 2. The molecule has 1 unspecified atom stereocenters. The van der Waals surface area contributed by atoms with Crippen LogP contribution in [0.25, 0.3) is 0 Å². The number of aromatic nitrogens is 2. The van der Waals surface area contributed by atoms with E-state index in [4.69, 9.17) is 21.7 Å². The van der Waals surface area contributed by atoms with Gasteiger partial charge in [-0.15, -0.1) is 0 Å². The zero-order valence-corrected chi connectivity index (χ0v) is 21.1. The van der Waals surface area contributed by atoms with E-state index >= 15 is 0 Å². The van der Waals surface area contributed by atoms with Gasteiger partial charge in [0.15, 0.2) is 0 Å². The number of anilines is 2. The summed E-state index contributed by atoms with van der Waals surface area (Å²) in [7, 11) is 0. The molecule has 10 heteroatoms. The van der Waals surface area contributed by atoms with Crippen LogP contribution in [-0.4, -0.2) is 53.8 Å². The van der Waals surface area contributed by atoms with Crippen molar-refractivity contribution in [3.05, 3.63) is 82.5 Å². The van der Waals surface area contributed by atoms with Crippen LogP contribution >= 0.6 is 11.6 Å². The molecule has 1 aliphatic heterocycles. The number of ether oxygens (including phenoxy) is 1. The predicted molar refractivity (Wildman–Crippen MR) is 140 cm³/mol. The highest BCUT2D eigenvalue weighted by molar-refractivity contribution is 6.30. The summed E-state index contributed by atoms with van der Waals surface area (Å²) in [4.78, 5) is 23.1. The number of esters is 1. The number of nitrogens with zero attached hydrogens (tertiary/aromatic N) is 3. The molecule has 2 heterocycles. The van der Waals surface area contributed by atoms with Crippen molar-refractivity contribution >= 4 is 35.0 Å². The zero-order valence-electron chi connectivity index (χ0n) is 20.4. The van der Waals surface area contributed by atoms with E-state index < -0.39 is 11.9 Å². The Balaban J connectivity index is 1.63. The van der Waals surface area contributed by atoms with Crippen LogP contribution in [0.2, 0.25) is 5.02 Å². The van der Waals surface area contributed by atoms with E-state index in [-0.39, 0.29) is 62.3 Å². The molecule has 7 nitrogen and oxygen atoms in total. The van der Waals surface area contributed by atoms with Crippen molar-refractivity contribution in [1.29, 1.82) is 5.41 Å². The molecule has 37 heavy (non-hydrogen) atoms. The lowest BCUT2D eigenvalue weighted by atomic mass is 9.90. The number of halogens is 3. The molecule has 1 aliphatic rings. The molecule has 0 bridgehead atoms. The van der Waals surface area contributed by atoms with Crippen LogP contribution in [0.4, 0.5) is 20.5 Å². The lowest BCUT2D eigenvalue weighted by Gasteiger charge is -2.32. The van der Waals surface area contributed by atoms with Crippen LogP contribution in [0.1, 0.15) is 47.2 Å². The first-order valence-electron chi connectivity index (χ1n) is 12.1. The summed E-state index contributed by atoms with van der Waals surface area (Å²) in [6.45, 7) is 2.34. The third-order valence-electron chi connectivity index (χ3n) is 6.23. The number of hydrogen-bond donors (Lipinski definition) is 2. The maximum absolute atomic E-state index is 13.7. The van der Waals surface area contributed by atoms with Gasteiger partial charge in [-0.1, -0.05) is 54.1 Å². The van der Waals surface area contributed by atoms with Crippen molar-refractivity contribution in [2.45, 2.75) is 31.6 Å². The number of rotatable bonds is 9. The van der Waals surface area contributed by atoms with Crippen LogP contribution in [0.5, 0.6) is 0 Å². The maximum atomic E-state index is 13.7. The van der Waals surface area contributed by atoms with Gasteiger partial charge in [0, 0.05) is 55.3 Å². The van der Waals surface area contributed by atoms with Gasteiger partial charge < -0.3 is 20.4 Å². The minimum Gasteiger partial charge on any atom is -0.462 e. The lowest BCUT2D eigenvalue weighted by Crippen LogP contribution is -2.40. The molecule has 3 aromatic rings. The molecule has 0 aliphatic carbocycles. The molecule has 0 saturated carbocycles. The SMILES string of the molecule is CCOC(=O)c1cnc(N2CCC(F)(F)CC2)nc1NCC(C(=N)c1ccc(Cl)cc1)c1ccccc1. The molecular weight excluding hydrogens is 500 g/mol. The molecule has 1 aromatic heterocycles. The fraction of sp³-hybridized carbons (Fsp3) is 0.333. The molecule has 1 fully saturated rings. The Bertz CT molecular complexity index is 1230. The normalized spacial score (nSPS) is 15.6. The van der Waals surface area contributed by atoms with Gasteiger partial charge in [0.2, 0.25) is 5.95 Å². The van der Waals surface area contributed by atoms with Gasteiger partial charge in [-0.25, -0.2) is 18.6 Å². The average molecular weight is 528 g/mol. The van der Waals surface area contributed by atoms with E-state index in [0.29, 0.717) is 16.3 Å².